The molecule has 1 aliphatic heterocycles. The number of allylic oxidation sites excluding steroid dienone is 3. The van der Waals surface area contributed by atoms with E-state index in [-0.39, 0.29) is 5.92 Å². The summed E-state index contributed by atoms with van der Waals surface area (Å²) in [4.78, 5) is 2.21. The van der Waals surface area contributed by atoms with Gasteiger partial charge in [0.15, 0.2) is 0 Å². The number of hydrogen-bond acceptors (Lipinski definition) is 1. The molecule has 0 saturated heterocycles. The molecule has 12 heavy (non-hydrogen) atoms. The van der Waals surface area contributed by atoms with E-state index in [9.17, 15) is 4.39 Å². The third kappa shape index (κ3) is 0.637. The summed E-state index contributed by atoms with van der Waals surface area (Å²) in [5, 5.41) is 0. The molecule has 1 nitrogen and oxygen atoms in total. The highest BCUT2D eigenvalue weighted by Gasteiger charge is 2.58. The third-order valence-corrected chi connectivity index (χ3v) is 3.28. The Balaban J connectivity index is 2.06. The van der Waals surface area contributed by atoms with Crippen molar-refractivity contribution in [3.8, 4) is 0 Å². The molecule has 0 N–H and O–H groups in total. The van der Waals surface area contributed by atoms with Gasteiger partial charge in [0.25, 0.3) is 0 Å². The molecule has 0 radical (unpaired) electrons. The molecule has 0 aromatic rings. The molecule has 2 atom stereocenters. The van der Waals surface area contributed by atoms with Gasteiger partial charge < -0.3 is 4.90 Å². The molecule has 64 valence electrons. The van der Waals surface area contributed by atoms with Gasteiger partial charge in [0.05, 0.1) is 0 Å². The van der Waals surface area contributed by atoms with Gasteiger partial charge in [-0.25, -0.2) is 4.39 Å². The Morgan fingerprint density at radius 1 is 1.67 bits per heavy atom. The average Bonchev–Trinajstić information content (AvgIpc) is 2.58. The molecule has 1 heterocycles. The van der Waals surface area contributed by atoms with Gasteiger partial charge >= 0.3 is 0 Å². The van der Waals surface area contributed by atoms with Crippen LogP contribution in [-0.4, -0.2) is 24.2 Å². The highest BCUT2D eigenvalue weighted by molar-refractivity contribution is 5.45. The van der Waals surface area contributed by atoms with Crippen molar-refractivity contribution in [1.29, 1.82) is 0 Å². The maximum atomic E-state index is 13.6. The maximum absolute atomic E-state index is 13.6. The Labute approximate surface area is 71.6 Å². The minimum Gasteiger partial charge on any atom is -0.377 e. The number of hydrogen-bond donors (Lipinski definition) is 0. The van der Waals surface area contributed by atoms with Crippen LogP contribution in [0.1, 0.15) is 12.8 Å². The number of rotatable bonds is 0. The number of alkyl halides is 1. The monoisotopic (exact) mass is 165 g/mol. The highest BCUT2D eigenvalue weighted by Crippen LogP contribution is 2.57. The Bertz CT molecular complexity index is 305. The van der Waals surface area contributed by atoms with Crippen LogP contribution in [0.2, 0.25) is 0 Å². The molecule has 0 spiro atoms. The van der Waals surface area contributed by atoms with Crippen molar-refractivity contribution in [2.75, 3.05) is 13.6 Å². The van der Waals surface area contributed by atoms with Crippen molar-refractivity contribution in [2.45, 2.75) is 18.5 Å². The summed E-state index contributed by atoms with van der Waals surface area (Å²) in [5.74, 6) is 0.199. The molecule has 0 bridgehead atoms. The lowest BCUT2D eigenvalue weighted by Crippen LogP contribution is -2.18. The van der Waals surface area contributed by atoms with Crippen molar-refractivity contribution in [2.24, 2.45) is 5.92 Å². The van der Waals surface area contributed by atoms with Crippen molar-refractivity contribution in [1.82, 2.24) is 4.90 Å². The van der Waals surface area contributed by atoms with Gasteiger partial charge in [0.2, 0.25) is 0 Å². The fraction of sp³-hybridized carbons (Fsp3) is 0.600. The molecule has 3 rings (SSSR count). The lowest BCUT2D eigenvalue weighted by molar-refractivity contribution is 0.333. The van der Waals surface area contributed by atoms with Gasteiger partial charge in [0, 0.05) is 25.2 Å². The van der Waals surface area contributed by atoms with Crippen LogP contribution in [0.3, 0.4) is 0 Å². The zero-order valence-corrected chi connectivity index (χ0v) is 7.18. The first-order valence-electron chi connectivity index (χ1n) is 4.53. The fourth-order valence-corrected chi connectivity index (χ4v) is 2.44. The van der Waals surface area contributed by atoms with Gasteiger partial charge in [-0.2, -0.15) is 0 Å². The third-order valence-electron chi connectivity index (χ3n) is 3.28. The van der Waals surface area contributed by atoms with Gasteiger partial charge in [-0.1, -0.05) is 6.08 Å². The highest BCUT2D eigenvalue weighted by atomic mass is 19.1. The van der Waals surface area contributed by atoms with E-state index in [1.807, 2.05) is 6.08 Å². The minimum absolute atomic E-state index is 0.199. The largest absolute Gasteiger partial charge is 0.377 e. The van der Waals surface area contributed by atoms with Crippen LogP contribution in [0, 0.1) is 5.92 Å². The zero-order valence-electron chi connectivity index (χ0n) is 7.18. The SMILES string of the molecule is CN1CCC2=C1C1CC1(F)C=C2. The first-order chi connectivity index (χ1) is 5.71. The predicted molar refractivity (Wildman–Crippen MR) is 45.4 cm³/mol. The number of fused-ring (bicyclic) bond motifs is 2. The zero-order chi connectivity index (χ0) is 8.34. The van der Waals surface area contributed by atoms with Gasteiger partial charge in [-0.3, -0.25) is 0 Å². The van der Waals surface area contributed by atoms with Gasteiger partial charge in [-0.15, -0.1) is 0 Å². The Kier molecular flexibility index (Phi) is 0.980. The molecule has 1 saturated carbocycles. The van der Waals surface area contributed by atoms with Crippen molar-refractivity contribution in [3.05, 3.63) is 23.4 Å². The summed E-state index contributed by atoms with van der Waals surface area (Å²) in [7, 11) is 2.07. The average molecular weight is 165 g/mol. The summed E-state index contributed by atoms with van der Waals surface area (Å²) in [6.45, 7) is 1.07. The van der Waals surface area contributed by atoms with Crippen LogP contribution in [0.15, 0.2) is 23.4 Å². The van der Waals surface area contributed by atoms with Crippen molar-refractivity contribution in [3.63, 3.8) is 0 Å². The smallest absolute Gasteiger partial charge is 0.138 e. The molecular formula is C10H12FN. The second-order valence-corrected chi connectivity index (χ2v) is 4.10. The summed E-state index contributed by atoms with van der Waals surface area (Å²) in [6.07, 6.45) is 5.57. The molecule has 2 aliphatic carbocycles. The summed E-state index contributed by atoms with van der Waals surface area (Å²) >= 11 is 0. The first-order valence-corrected chi connectivity index (χ1v) is 4.53. The van der Waals surface area contributed by atoms with E-state index >= 15 is 0 Å². The van der Waals surface area contributed by atoms with E-state index in [0.717, 1.165) is 13.0 Å². The van der Waals surface area contributed by atoms with E-state index in [2.05, 4.69) is 11.9 Å². The van der Waals surface area contributed by atoms with Crippen molar-refractivity contribution < 1.29 is 4.39 Å². The molecule has 0 amide bonds. The maximum Gasteiger partial charge on any atom is 0.138 e. The summed E-state index contributed by atoms with van der Waals surface area (Å²) < 4.78 is 13.6. The Hall–Kier alpha value is -0.790. The van der Waals surface area contributed by atoms with Crippen LogP contribution < -0.4 is 0 Å². The van der Waals surface area contributed by atoms with Crippen LogP contribution in [0.4, 0.5) is 4.39 Å². The number of nitrogens with zero attached hydrogens (tertiary/aromatic N) is 1. The van der Waals surface area contributed by atoms with Gasteiger partial charge in [-0.05, 0) is 24.5 Å². The Morgan fingerprint density at radius 2 is 2.50 bits per heavy atom. The standard InChI is InChI=1S/C10H12FN/c1-12-5-3-7-2-4-10(11)6-8(10)9(7)12/h2,4,8H,3,5-6H2,1H3. The topological polar surface area (TPSA) is 3.24 Å². The van der Waals surface area contributed by atoms with Crippen LogP contribution in [0.25, 0.3) is 0 Å². The van der Waals surface area contributed by atoms with E-state index in [1.165, 1.54) is 11.3 Å². The molecule has 3 aliphatic rings. The van der Waals surface area contributed by atoms with Crippen LogP contribution >= 0.6 is 0 Å². The van der Waals surface area contributed by atoms with Crippen LogP contribution in [0.5, 0.6) is 0 Å². The lowest BCUT2D eigenvalue weighted by atomic mass is 10.0. The number of halogens is 1. The molecular weight excluding hydrogens is 153 g/mol. The molecule has 2 heteroatoms. The summed E-state index contributed by atoms with van der Waals surface area (Å²) in [6, 6.07) is 0. The van der Waals surface area contributed by atoms with Crippen LogP contribution in [-0.2, 0) is 0 Å². The molecule has 0 aromatic carbocycles. The molecule has 1 fully saturated rings. The fourth-order valence-electron chi connectivity index (χ4n) is 2.44. The second kappa shape index (κ2) is 1.76. The van der Waals surface area contributed by atoms with E-state index in [1.54, 1.807) is 6.08 Å². The quantitative estimate of drug-likeness (QED) is 0.529. The normalized spacial score (nSPS) is 43.2. The van der Waals surface area contributed by atoms with Crippen molar-refractivity contribution >= 4 is 0 Å². The van der Waals surface area contributed by atoms with E-state index in [0.29, 0.717) is 6.42 Å². The minimum atomic E-state index is -0.961. The van der Waals surface area contributed by atoms with Gasteiger partial charge in [0.1, 0.15) is 5.67 Å². The Morgan fingerprint density at radius 3 is 3.33 bits per heavy atom. The van der Waals surface area contributed by atoms with E-state index < -0.39 is 5.67 Å². The molecule has 2 unspecified atom stereocenters. The molecule has 0 aromatic heterocycles. The predicted octanol–water partition coefficient (Wildman–Crippen LogP) is 1.87. The first kappa shape index (κ1) is 6.70. The van der Waals surface area contributed by atoms with E-state index in [4.69, 9.17) is 0 Å². The second-order valence-electron chi connectivity index (χ2n) is 4.10. The lowest BCUT2D eigenvalue weighted by Gasteiger charge is -2.19. The summed E-state index contributed by atoms with van der Waals surface area (Å²) in [5.41, 5.74) is 1.69.